The Bertz CT molecular complexity index is 180. The molecule has 0 saturated heterocycles. The molecule has 2 unspecified atom stereocenters. The average molecular weight is 198 g/mol. The van der Waals surface area contributed by atoms with Gasteiger partial charge in [0.1, 0.15) is 0 Å². The van der Waals surface area contributed by atoms with Crippen LogP contribution in [0.4, 0.5) is 0 Å². The molecule has 14 heavy (non-hydrogen) atoms. The quantitative estimate of drug-likeness (QED) is 0.608. The summed E-state index contributed by atoms with van der Waals surface area (Å²) in [4.78, 5) is 11.6. The van der Waals surface area contributed by atoms with Crippen LogP contribution in [0.5, 0.6) is 0 Å². The van der Waals surface area contributed by atoms with Crippen molar-refractivity contribution in [3.8, 4) is 0 Å². The van der Waals surface area contributed by atoms with E-state index in [4.69, 9.17) is 5.73 Å². The molecule has 0 aliphatic carbocycles. The maximum Gasteiger partial charge on any atom is 0.224 e. The molecular weight excluding hydrogens is 176 g/mol. The maximum absolute atomic E-state index is 11.6. The van der Waals surface area contributed by atoms with Crippen LogP contribution < -0.4 is 11.1 Å². The number of hydrogen-bond acceptors (Lipinski definition) is 2. The minimum absolute atomic E-state index is 0.0349. The fourth-order valence-corrected chi connectivity index (χ4v) is 1.37. The second-order valence-electron chi connectivity index (χ2n) is 3.66. The molecule has 3 nitrogen and oxygen atoms in total. The van der Waals surface area contributed by atoms with Crippen LogP contribution in [0.15, 0.2) is 12.7 Å². The lowest BCUT2D eigenvalue weighted by atomic mass is 10.0. The zero-order valence-electron chi connectivity index (χ0n) is 9.25. The Labute approximate surface area is 86.8 Å². The van der Waals surface area contributed by atoms with E-state index < -0.39 is 0 Å². The predicted octanol–water partition coefficient (Wildman–Crippen LogP) is 1.44. The average Bonchev–Trinajstić information content (AvgIpc) is 2.14. The molecule has 2 atom stereocenters. The highest BCUT2D eigenvalue weighted by atomic mass is 16.1. The fourth-order valence-electron chi connectivity index (χ4n) is 1.37. The molecule has 0 spiro atoms. The van der Waals surface area contributed by atoms with Crippen molar-refractivity contribution in [2.24, 2.45) is 11.7 Å². The fraction of sp³-hybridized carbons (Fsp3) is 0.727. The Morgan fingerprint density at radius 2 is 2.29 bits per heavy atom. The van der Waals surface area contributed by atoms with Crippen LogP contribution in [0.25, 0.3) is 0 Å². The Morgan fingerprint density at radius 3 is 2.71 bits per heavy atom. The first-order valence-corrected chi connectivity index (χ1v) is 5.27. The molecule has 0 aromatic rings. The second kappa shape index (κ2) is 7.56. The van der Waals surface area contributed by atoms with Gasteiger partial charge in [-0.2, -0.15) is 0 Å². The van der Waals surface area contributed by atoms with E-state index in [1.54, 1.807) is 0 Å². The number of nitrogens with one attached hydrogen (secondary N) is 1. The maximum atomic E-state index is 11.6. The highest BCUT2D eigenvalue weighted by molar-refractivity contribution is 5.79. The number of rotatable bonds is 7. The topological polar surface area (TPSA) is 55.1 Å². The summed E-state index contributed by atoms with van der Waals surface area (Å²) in [6.07, 6.45) is 4.46. The first kappa shape index (κ1) is 13.2. The zero-order chi connectivity index (χ0) is 11.0. The largest absolute Gasteiger partial charge is 0.353 e. The van der Waals surface area contributed by atoms with Crippen molar-refractivity contribution < 1.29 is 4.79 Å². The molecule has 82 valence electrons. The van der Waals surface area contributed by atoms with Crippen LogP contribution in [0.3, 0.4) is 0 Å². The summed E-state index contributed by atoms with van der Waals surface area (Å²) in [5.41, 5.74) is 5.53. The summed E-state index contributed by atoms with van der Waals surface area (Å²) < 4.78 is 0. The third-order valence-corrected chi connectivity index (χ3v) is 2.20. The monoisotopic (exact) mass is 198 g/mol. The van der Waals surface area contributed by atoms with Crippen LogP contribution in [-0.4, -0.2) is 18.5 Å². The van der Waals surface area contributed by atoms with Crippen LogP contribution in [0, 0.1) is 5.92 Å². The van der Waals surface area contributed by atoms with Gasteiger partial charge in [0.25, 0.3) is 0 Å². The summed E-state index contributed by atoms with van der Waals surface area (Å²) in [6.45, 7) is 8.09. The van der Waals surface area contributed by atoms with E-state index in [0.717, 1.165) is 19.3 Å². The van der Waals surface area contributed by atoms with Crippen LogP contribution in [0.1, 0.15) is 33.1 Å². The summed E-state index contributed by atoms with van der Waals surface area (Å²) in [7, 11) is 0. The van der Waals surface area contributed by atoms with E-state index in [9.17, 15) is 4.79 Å². The van der Waals surface area contributed by atoms with Crippen molar-refractivity contribution in [2.75, 3.05) is 6.54 Å². The SMILES string of the molecule is C=CCC(C)NC(=O)C(CN)CCC. The third-order valence-electron chi connectivity index (χ3n) is 2.20. The van der Waals surface area contributed by atoms with Gasteiger partial charge in [0, 0.05) is 12.6 Å². The minimum atomic E-state index is -0.0349. The van der Waals surface area contributed by atoms with Gasteiger partial charge < -0.3 is 11.1 Å². The van der Waals surface area contributed by atoms with E-state index in [-0.39, 0.29) is 17.9 Å². The number of amides is 1. The van der Waals surface area contributed by atoms with E-state index in [1.165, 1.54) is 0 Å². The van der Waals surface area contributed by atoms with Gasteiger partial charge in [0.2, 0.25) is 5.91 Å². The molecule has 3 heteroatoms. The lowest BCUT2D eigenvalue weighted by Gasteiger charge is -2.17. The molecule has 3 N–H and O–H groups in total. The van der Waals surface area contributed by atoms with Crippen molar-refractivity contribution in [2.45, 2.75) is 39.2 Å². The molecule has 0 rings (SSSR count). The van der Waals surface area contributed by atoms with Crippen molar-refractivity contribution in [1.29, 1.82) is 0 Å². The smallest absolute Gasteiger partial charge is 0.224 e. The first-order chi connectivity index (χ1) is 6.65. The van der Waals surface area contributed by atoms with Gasteiger partial charge >= 0.3 is 0 Å². The number of nitrogens with two attached hydrogens (primary N) is 1. The van der Waals surface area contributed by atoms with E-state index in [2.05, 4.69) is 18.8 Å². The van der Waals surface area contributed by atoms with Gasteiger partial charge in [0.05, 0.1) is 5.92 Å². The lowest BCUT2D eigenvalue weighted by molar-refractivity contribution is -0.125. The van der Waals surface area contributed by atoms with Crippen molar-refractivity contribution in [1.82, 2.24) is 5.32 Å². The van der Waals surface area contributed by atoms with Gasteiger partial charge in [-0.15, -0.1) is 6.58 Å². The van der Waals surface area contributed by atoms with Crippen molar-refractivity contribution in [3.63, 3.8) is 0 Å². The highest BCUT2D eigenvalue weighted by Gasteiger charge is 2.16. The highest BCUT2D eigenvalue weighted by Crippen LogP contribution is 2.05. The van der Waals surface area contributed by atoms with Crippen LogP contribution in [-0.2, 0) is 4.79 Å². The van der Waals surface area contributed by atoms with E-state index >= 15 is 0 Å². The van der Waals surface area contributed by atoms with Gasteiger partial charge in [-0.3, -0.25) is 4.79 Å². The van der Waals surface area contributed by atoms with E-state index in [0.29, 0.717) is 6.54 Å². The molecule has 1 amide bonds. The van der Waals surface area contributed by atoms with Crippen LogP contribution >= 0.6 is 0 Å². The summed E-state index contributed by atoms with van der Waals surface area (Å²) in [5.74, 6) is 0.0379. The Morgan fingerprint density at radius 1 is 1.64 bits per heavy atom. The molecule has 0 radical (unpaired) electrons. The second-order valence-corrected chi connectivity index (χ2v) is 3.66. The van der Waals surface area contributed by atoms with E-state index in [1.807, 2.05) is 13.0 Å². The summed E-state index contributed by atoms with van der Waals surface area (Å²) in [5, 5.41) is 2.93. The third kappa shape index (κ3) is 5.02. The van der Waals surface area contributed by atoms with Gasteiger partial charge in [-0.25, -0.2) is 0 Å². The molecule has 0 bridgehead atoms. The molecule has 0 aromatic heterocycles. The molecule has 0 saturated carbocycles. The van der Waals surface area contributed by atoms with Gasteiger partial charge in [0.15, 0.2) is 0 Å². The van der Waals surface area contributed by atoms with Crippen LogP contribution in [0.2, 0.25) is 0 Å². The van der Waals surface area contributed by atoms with Crippen molar-refractivity contribution in [3.05, 3.63) is 12.7 Å². The number of carbonyl (C=O) groups excluding carboxylic acids is 1. The molecule has 0 aliphatic rings. The zero-order valence-corrected chi connectivity index (χ0v) is 9.25. The standard InChI is InChI=1S/C11H22N2O/c1-4-6-9(3)13-11(14)10(8-12)7-5-2/h4,9-10H,1,5-8,12H2,2-3H3,(H,13,14). The molecule has 0 aliphatic heterocycles. The lowest BCUT2D eigenvalue weighted by Crippen LogP contribution is -2.39. The van der Waals surface area contributed by atoms with Gasteiger partial charge in [-0.1, -0.05) is 19.4 Å². The Hall–Kier alpha value is -0.830. The number of carbonyl (C=O) groups is 1. The molecular formula is C11H22N2O. The molecule has 0 aromatic carbocycles. The summed E-state index contributed by atoms with van der Waals surface area (Å²) >= 11 is 0. The summed E-state index contributed by atoms with van der Waals surface area (Å²) in [6, 6.07) is 0.158. The molecule has 0 fully saturated rings. The van der Waals surface area contributed by atoms with Gasteiger partial charge in [-0.05, 0) is 19.8 Å². The Balaban J connectivity index is 3.96. The minimum Gasteiger partial charge on any atom is -0.353 e. The predicted molar refractivity (Wildman–Crippen MR) is 59.9 cm³/mol. The number of hydrogen-bond donors (Lipinski definition) is 2. The van der Waals surface area contributed by atoms with Crippen molar-refractivity contribution >= 4 is 5.91 Å². The first-order valence-electron chi connectivity index (χ1n) is 5.27. The Kier molecular flexibility index (Phi) is 7.11. The molecule has 0 heterocycles. The normalized spacial score (nSPS) is 14.5.